The highest BCUT2D eigenvalue weighted by Crippen LogP contribution is 2.36. The Morgan fingerprint density at radius 3 is 2.72 bits per heavy atom. The Morgan fingerprint density at radius 2 is 1.90 bits per heavy atom. The maximum atomic E-state index is 12.4. The van der Waals surface area contributed by atoms with Gasteiger partial charge in [0.1, 0.15) is 11.5 Å². The third-order valence-corrected chi connectivity index (χ3v) is 6.33. The lowest BCUT2D eigenvalue weighted by atomic mass is 10.1. The molecule has 0 radical (unpaired) electrons. The van der Waals surface area contributed by atoms with Crippen LogP contribution in [0.2, 0.25) is 0 Å². The van der Waals surface area contributed by atoms with Crippen molar-refractivity contribution in [1.29, 1.82) is 0 Å². The molecule has 1 saturated carbocycles. The van der Waals surface area contributed by atoms with Gasteiger partial charge in [0, 0.05) is 44.6 Å². The van der Waals surface area contributed by atoms with Crippen molar-refractivity contribution in [2.75, 3.05) is 28.7 Å². The molecule has 1 fully saturated rings. The van der Waals surface area contributed by atoms with E-state index in [9.17, 15) is 9.59 Å². The summed E-state index contributed by atoms with van der Waals surface area (Å²) in [5.74, 6) is 1.70. The topological polar surface area (TPSA) is 78.4 Å². The van der Waals surface area contributed by atoms with Crippen LogP contribution in [-0.4, -0.2) is 41.3 Å². The second-order valence-corrected chi connectivity index (χ2v) is 8.24. The molecule has 0 atom stereocenters. The van der Waals surface area contributed by atoms with Crippen LogP contribution in [0.5, 0.6) is 0 Å². The van der Waals surface area contributed by atoms with Gasteiger partial charge in [-0.25, -0.2) is 4.98 Å². The Balaban J connectivity index is 1.47. The highest BCUT2D eigenvalue weighted by molar-refractivity contribution is 5.97. The molecule has 0 bridgehead atoms. The Morgan fingerprint density at radius 1 is 1.10 bits per heavy atom. The van der Waals surface area contributed by atoms with E-state index in [0.717, 1.165) is 41.2 Å². The molecule has 0 unspecified atom stereocenters. The van der Waals surface area contributed by atoms with E-state index < -0.39 is 0 Å². The van der Waals surface area contributed by atoms with Gasteiger partial charge in [-0.15, -0.1) is 0 Å². The first kappa shape index (κ1) is 18.1. The third-order valence-electron chi connectivity index (χ3n) is 6.33. The maximum absolute atomic E-state index is 12.4. The van der Waals surface area contributed by atoms with Crippen LogP contribution < -0.4 is 15.1 Å². The number of nitrogens with one attached hydrogen (secondary N) is 1. The van der Waals surface area contributed by atoms with E-state index >= 15 is 0 Å². The number of hydrogen-bond donors (Lipinski definition) is 1. The SMILES string of the molecule is CN1C(=O)CCN(C2CCCC2)c2nc(Nc3ccc4c(c3)CC(=O)C4)ncc21. The van der Waals surface area contributed by atoms with Gasteiger partial charge in [0.2, 0.25) is 11.9 Å². The van der Waals surface area contributed by atoms with Crippen LogP contribution in [0, 0.1) is 0 Å². The van der Waals surface area contributed by atoms with Crippen LogP contribution in [0.25, 0.3) is 0 Å². The number of benzene rings is 1. The minimum Gasteiger partial charge on any atom is -0.351 e. The van der Waals surface area contributed by atoms with Crippen molar-refractivity contribution >= 4 is 34.8 Å². The zero-order valence-corrected chi connectivity index (χ0v) is 16.6. The summed E-state index contributed by atoms with van der Waals surface area (Å²) in [6.45, 7) is 0.693. The number of fused-ring (bicyclic) bond motifs is 2. The van der Waals surface area contributed by atoms with Crippen LogP contribution in [0.4, 0.5) is 23.1 Å². The van der Waals surface area contributed by atoms with Crippen molar-refractivity contribution in [3.05, 3.63) is 35.5 Å². The van der Waals surface area contributed by atoms with E-state index in [4.69, 9.17) is 4.98 Å². The van der Waals surface area contributed by atoms with Crippen molar-refractivity contribution in [3.63, 3.8) is 0 Å². The van der Waals surface area contributed by atoms with E-state index in [0.29, 0.717) is 37.8 Å². The fourth-order valence-electron chi connectivity index (χ4n) is 4.73. The molecule has 7 heteroatoms. The fraction of sp³-hybridized carbons (Fsp3) is 0.455. The summed E-state index contributed by atoms with van der Waals surface area (Å²) in [5.41, 5.74) is 3.83. The molecular formula is C22H25N5O2. The molecule has 7 nitrogen and oxygen atoms in total. The average molecular weight is 391 g/mol. The van der Waals surface area contributed by atoms with Gasteiger partial charge >= 0.3 is 0 Å². The van der Waals surface area contributed by atoms with Crippen molar-refractivity contribution in [1.82, 2.24) is 9.97 Å². The molecule has 1 aromatic carbocycles. The van der Waals surface area contributed by atoms with Gasteiger partial charge in [-0.2, -0.15) is 4.98 Å². The number of Topliss-reactive ketones (excluding diaryl/α,β-unsaturated/α-hetero) is 1. The molecule has 5 rings (SSSR count). The molecule has 2 aromatic rings. The summed E-state index contributed by atoms with van der Waals surface area (Å²) in [7, 11) is 1.80. The molecule has 2 heterocycles. The summed E-state index contributed by atoms with van der Waals surface area (Å²) >= 11 is 0. The van der Waals surface area contributed by atoms with Gasteiger partial charge in [0.25, 0.3) is 0 Å². The molecule has 1 aliphatic heterocycles. The minimum absolute atomic E-state index is 0.0966. The molecule has 0 spiro atoms. The fourth-order valence-corrected chi connectivity index (χ4v) is 4.73. The maximum Gasteiger partial charge on any atom is 0.229 e. The first-order chi connectivity index (χ1) is 14.1. The number of aromatic nitrogens is 2. The Kier molecular flexibility index (Phi) is 4.45. The van der Waals surface area contributed by atoms with Crippen LogP contribution in [0.1, 0.15) is 43.2 Å². The van der Waals surface area contributed by atoms with Gasteiger partial charge in [-0.3, -0.25) is 9.59 Å². The normalized spacial score (nSPS) is 19.3. The summed E-state index contributed by atoms with van der Waals surface area (Å²) in [6.07, 6.45) is 8.00. The number of nitrogens with zero attached hydrogens (tertiary/aromatic N) is 4. The van der Waals surface area contributed by atoms with Crippen molar-refractivity contribution in [3.8, 4) is 0 Å². The van der Waals surface area contributed by atoms with Gasteiger partial charge < -0.3 is 15.1 Å². The van der Waals surface area contributed by atoms with E-state index in [2.05, 4.69) is 15.2 Å². The van der Waals surface area contributed by atoms with Crippen molar-refractivity contribution < 1.29 is 9.59 Å². The standard InChI is InChI=1S/C22H25N5O2/c1-26-19-13-23-22(24-16-7-6-14-11-18(28)12-15(14)10-16)25-21(19)27(9-8-20(26)29)17-4-2-3-5-17/h6-7,10,13,17H,2-5,8-9,11-12H2,1H3,(H,23,24,25). The van der Waals surface area contributed by atoms with Crippen molar-refractivity contribution in [2.45, 2.75) is 51.0 Å². The van der Waals surface area contributed by atoms with Crippen LogP contribution in [-0.2, 0) is 22.4 Å². The molecule has 29 heavy (non-hydrogen) atoms. The zero-order chi connectivity index (χ0) is 20.0. The lowest BCUT2D eigenvalue weighted by Crippen LogP contribution is -2.34. The van der Waals surface area contributed by atoms with Gasteiger partial charge in [-0.05, 0) is 36.1 Å². The summed E-state index contributed by atoms with van der Waals surface area (Å²) in [6, 6.07) is 6.42. The zero-order valence-electron chi connectivity index (χ0n) is 16.6. The Labute approximate surface area is 170 Å². The summed E-state index contributed by atoms with van der Waals surface area (Å²) in [4.78, 5) is 37.4. The van der Waals surface area contributed by atoms with Crippen LogP contribution in [0.15, 0.2) is 24.4 Å². The number of rotatable bonds is 3. The monoisotopic (exact) mass is 391 g/mol. The molecule has 1 N–H and O–H groups in total. The van der Waals surface area contributed by atoms with E-state index in [1.165, 1.54) is 12.8 Å². The molecule has 150 valence electrons. The first-order valence-electron chi connectivity index (χ1n) is 10.4. The van der Waals surface area contributed by atoms with Crippen molar-refractivity contribution in [2.24, 2.45) is 0 Å². The highest BCUT2D eigenvalue weighted by Gasteiger charge is 2.31. The van der Waals surface area contributed by atoms with Gasteiger partial charge in [0.05, 0.1) is 6.20 Å². The third kappa shape index (κ3) is 3.34. The summed E-state index contributed by atoms with van der Waals surface area (Å²) in [5, 5.41) is 3.29. The number of anilines is 4. The predicted octanol–water partition coefficient (Wildman–Crippen LogP) is 3.00. The number of ketones is 1. The van der Waals surface area contributed by atoms with Gasteiger partial charge in [-0.1, -0.05) is 18.9 Å². The molecule has 1 aromatic heterocycles. The second-order valence-electron chi connectivity index (χ2n) is 8.24. The Hall–Kier alpha value is -2.96. The number of hydrogen-bond acceptors (Lipinski definition) is 6. The number of carbonyl (C=O) groups excluding carboxylic acids is 2. The van der Waals surface area contributed by atoms with E-state index in [1.807, 2.05) is 18.2 Å². The smallest absolute Gasteiger partial charge is 0.229 e. The lowest BCUT2D eigenvalue weighted by molar-refractivity contribution is -0.118. The van der Waals surface area contributed by atoms with Crippen LogP contribution >= 0.6 is 0 Å². The predicted molar refractivity (Wildman–Crippen MR) is 112 cm³/mol. The number of carbonyl (C=O) groups is 2. The molecule has 2 aliphatic carbocycles. The molecular weight excluding hydrogens is 366 g/mol. The molecule has 0 saturated heterocycles. The number of amides is 1. The molecule has 1 amide bonds. The van der Waals surface area contributed by atoms with Crippen LogP contribution in [0.3, 0.4) is 0 Å². The van der Waals surface area contributed by atoms with E-state index in [1.54, 1.807) is 18.1 Å². The molecule has 3 aliphatic rings. The minimum atomic E-state index is 0.0966. The first-order valence-corrected chi connectivity index (χ1v) is 10.4. The highest BCUT2D eigenvalue weighted by atomic mass is 16.2. The largest absolute Gasteiger partial charge is 0.351 e. The van der Waals surface area contributed by atoms with E-state index in [-0.39, 0.29) is 11.7 Å². The quantitative estimate of drug-likeness (QED) is 0.867. The average Bonchev–Trinajstić information content (AvgIpc) is 3.34. The second kappa shape index (κ2) is 7.13. The Bertz CT molecular complexity index is 983. The van der Waals surface area contributed by atoms with Gasteiger partial charge in [0.15, 0.2) is 5.82 Å². The lowest BCUT2D eigenvalue weighted by Gasteiger charge is -2.30. The summed E-state index contributed by atoms with van der Waals surface area (Å²) < 4.78 is 0.